The number of rotatable bonds is 5. The van der Waals surface area contributed by atoms with Crippen molar-refractivity contribution in [3.05, 3.63) is 64.2 Å². The van der Waals surface area contributed by atoms with Crippen LogP contribution in [0.4, 0.5) is 0 Å². The van der Waals surface area contributed by atoms with E-state index in [4.69, 9.17) is 4.74 Å². The highest BCUT2D eigenvalue weighted by Gasteiger charge is 2.05. The molecule has 20 heavy (non-hydrogen) atoms. The van der Waals surface area contributed by atoms with Crippen molar-refractivity contribution in [1.82, 2.24) is 5.32 Å². The SMILES string of the molecule is COc1cccc(CCNC(=O)c2ccc(=O)oc2)c1. The van der Waals surface area contributed by atoms with Crippen LogP contribution in [0.25, 0.3) is 0 Å². The van der Waals surface area contributed by atoms with E-state index in [1.165, 1.54) is 12.1 Å². The molecule has 1 heterocycles. The average Bonchev–Trinajstić information content (AvgIpc) is 2.48. The van der Waals surface area contributed by atoms with Crippen LogP contribution in [0.1, 0.15) is 15.9 Å². The molecule has 1 aromatic heterocycles. The summed E-state index contributed by atoms with van der Waals surface area (Å²) in [5.41, 5.74) is 0.928. The number of carbonyl (C=O) groups excluding carboxylic acids is 1. The molecule has 1 amide bonds. The highest BCUT2D eigenvalue weighted by Crippen LogP contribution is 2.12. The van der Waals surface area contributed by atoms with Gasteiger partial charge in [-0.05, 0) is 30.2 Å². The van der Waals surface area contributed by atoms with Gasteiger partial charge in [0.2, 0.25) is 0 Å². The Kier molecular flexibility index (Phi) is 4.55. The molecule has 0 saturated heterocycles. The van der Waals surface area contributed by atoms with Gasteiger partial charge in [0.15, 0.2) is 0 Å². The van der Waals surface area contributed by atoms with Gasteiger partial charge in [0.1, 0.15) is 12.0 Å². The fourth-order valence-electron chi connectivity index (χ4n) is 1.74. The molecule has 1 N–H and O–H groups in total. The van der Waals surface area contributed by atoms with E-state index in [0.717, 1.165) is 17.6 Å². The molecule has 0 bridgehead atoms. The Morgan fingerprint density at radius 2 is 2.15 bits per heavy atom. The largest absolute Gasteiger partial charge is 0.497 e. The van der Waals surface area contributed by atoms with Gasteiger partial charge in [0.25, 0.3) is 5.91 Å². The molecule has 104 valence electrons. The molecule has 5 heteroatoms. The number of hydrogen-bond acceptors (Lipinski definition) is 4. The highest BCUT2D eigenvalue weighted by molar-refractivity contribution is 5.93. The molecule has 5 nitrogen and oxygen atoms in total. The minimum atomic E-state index is -0.474. The zero-order chi connectivity index (χ0) is 14.4. The first-order valence-electron chi connectivity index (χ1n) is 6.19. The van der Waals surface area contributed by atoms with E-state index in [0.29, 0.717) is 18.5 Å². The maximum atomic E-state index is 11.8. The molecule has 0 aliphatic rings. The Balaban J connectivity index is 1.87. The smallest absolute Gasteiger partial charge is 0.335 e. The minimum Gasteiger partial charge on any atom is -0.497 e. The molecule has 0 fully saturated rings. The Morgan fingerprint density at radius 1 is 1.30 bits per heavy atom. The molecule has 0 aliphatic carbocycles. The molecule has 0 unspecified atom stereocenters. The fraction of sp³-hybridized carbons (Fsp3) is 0.200. The Bertz CT molecular complexity index is 628. The first kappa shape index (κ1) is 13.9. The van der Waals surface area contributed by atoms with Gasteiger partial charge in [0.05, 0.1) is 12.7 Å². The van der Waals surface area contributed by atoms with Crippen molar-refractivity contribution in [2.24, 2.45) is 0 Å². The molecular weight excluding hydrogens is 258 g/mol. The van der Waals surface area contributed by atoms with E-state index >= 15 is 0 Å². The molecule has 0 spiro atoms. The van der Waals surface area contributed by atoms with E-state index in [1.54, 1.807) is 7.11 Å². The lowest BCUT2D eigenvalue weighted by Crippen LogP contribution is -2.25. The number of nitrogens with one attached hydrogen (secondary N) is 1. The van der Waals surface area contributed by atoms with E-state index in [-0.39, 0.29) is 5.91 Å². The van der Waals surface area contributed by atoms with E-state index in [9.17, 15) is 9.59 Å². The molecule has 0 aliphatic heterocycles. The van der Waals surface area contributed by atoms with Crippen LogP contribution < -0.4 is 15.7 Å². The van der Waals surface area contributed by atoms with Crippen LogP contribution in [0.5, 0.6) is 5.75 Å². The zero-order valence-electron chi connectivity index (χ0n) is 11.1. The lowest BCUT2D eigenvalue weighted by atomic mass is 10.1. The van der Waals surface area contributed by atoms with Crippen LogP contribution in [-0.4, -0.2) is 19.6 Å². The van der Waals surface area contributed by atoms with Crippen molar-refractivity contribution < 1.29 is 13.9 Å². The van der Waals surface area contributed by atoms with Crippen molar-refractivity contribution in [3.63, 3.8) is 0 Å². The van der Waals surface area contributed by atoms with E-state index < -0.39 is 5.63 Å². The standard InChI is InChI=1S/C15H15NO4/c1-19-13-4-2-3-11(9-13)7-8-16-15(18)12-5-6-14(17)20-10-12/h2-6,9-10H,7-8H2,1H3,(H,16,18). The summed E-state index contributed by atoms with van der Waals surface area (Å²) in [6, 6.07) is 10.3. The molecule has 0 radical (unpaired) electrons. The summed E-state index contributed by atoms with van der Waals surface area (Å²) >= 11 is 0. The monoisotopic (exact) mass is 273 g/mol. The van der Waals surface area contributed by atoms with E-state index in [1.807, 2.05) is 24.3 Å². The minimum absolute atomic E-state index is 0.267. The number of amides is 1. The second-order valence-electron chi connectivity index (χ2n) is 4.20. The maximum absolute atomic E-state index is 11.8. The van der Waals surface area contributed by atoms with Crippen LogP contribution >= 0.6 is 0 Å². The van der Waals surface area contributed by atoms with Crippen LogP contribution in [-0.2, 0) is 6.42 Å². The quantitative estimate of drug-likeness (QED) is 0.898. The number of ether oxygens (including phenoxy) is 1. The molecule has 1 aromatic carbocycles. The van der Waals surface area contributed by atoms with Crippen LogP contribution in [0.2, 0.25) is 0 Å². The summed E-state index contributed by atoms with van der Waals surface area (Å²) in [7, 11) is 1.62. The highest BCUT2D eigenvalue weighted by atomic mass is 16.5. The third kappa shape index (κ3) is 3.71. The molecule has 0 saturated carbocycles. The predicted octanol–water partition coefficient (Wildman–Crippen LogP) is 1.62. The first-order valence-corrected chi connectivity index (χ1v) is 6.19. The maximum Gasteiger partial charge on any atom is 0.335 e. The topological polar surface area (TPSA) is 68.5 Å². The van der Waals surface area contributed by atoms with Gasteiger partial charge in [0, 0.05) is 12.6 Å². The van der Waals surface area contributed by atoms with Crippen molar-refractivity contribution in [1.29, 1.82) is 0 Å². The lowest BCUT2D eigenvalue weighted by molar-refractivity contribution is 0.0951. The van der Waals surface area contributed by atoms with Gasteiger partial charge in [-0.1, -0.05) is 12.1 Å². The third-order valence-electron chi connectivity index (χ3n) is 2.80. The first-order chi connectivity index (χ1) is 9.69. The van der Waals surface area contributed by atoms with Crippen LogP contribution in [0, 0.1) is 0 Å². The second-order valence-corrected chi connectivity index (χ2v) is 4.20. The fourth-order valence-corrected chi connectivity index (χ4v) is 1.74. The Morgan fingerprint density at radius 3 is 2.85 bits per heavy atom. The predicted molar refractivity (Wildman–Crippen MR) is 74.0 cm³/mol. The number of benzene rings is 1. The van der Waals surface area contributed by atoms with E-state index in [2.05, 4.69) is 9.73 Å². The molecule has 2 rings (SSSR count). The van der Waals surface area contributed by atoms with Crippen LogP contribution in [0.15, 0.2) is 51.9 Å². The van der Waals surface area contributed by atoms with Crippen molar-refractivity contribution in [2.75, 3.05) is 13.7 Å². The van der Waals surface area contributed by atoms with Gasteiger partial charge in [-0.2, -0.15) is 0 Å². The van der Waals surface area contributed by atoms with Gasteiger partial charge < -0.3 is 14.5 Å². The summed E-state index contributed by atoms with van der Waals surface area (Å²) in [5.74, 6) is 0.523. The van der Waals surface area contributed by atoms with Gasteiger partial charge in [-0.25, -0.2) is 4.79 Å². The Labute approximate surface area is 116 Å². The van der Waals surface area contributed by atoms with Gasteiger partial charge in [-0.3, -0.25) is 4.79 Å². The number of carbonyl (C=O) groups is 1. The summed E-state index contributed by atoms with van der Waals surface area (Å²) in [5, 5.41) is 2.76. The van der Waals surface area contributed by atoms with Crippen molar-refractivity contribution in [2.45, 2.75) is 6.42 Å². The Hall–Kier alpha value is -2.56. The summed E-state index contributed by atoms with van der Waals surface area (Å²) in [6.07, 6.45) is 1.85. The van der Waals surface area contributed by atoms with Crippen LogP contribution in [0.3, 0.4) is 0 Å². The second kappa shape index (κ2) is 6.56. The third-order valence-corrected chi connectivity index (χ3v) is 2.80. The van der Waals surface area contributed by atoms with Gasteiger partial charge >= 0.3 is 5.63 Å². The number of hydrogen-bond donors (Lipinski definition) is 1. The molecule has 2 aromatic rings. The summed E-state index contributed by atoms with van der Waals surface area (Å²) in [4.78, 5) is 22.6. The van der Waals surface area contributed by atoms with Gasteiger partial charge in [-0.15, -0.1) is 0 Å². The average molecular weight is 273 g/mol. The molecular formula is C15H15NO4. The molecule has 0 atom stereocenters. The number of methoxy groups -OCH3 is 1. The summed E-state index contributed by atoms with van der Waals surface area (Å²) < 4.78 is 9.77. The van der Waals surface area contributed by atoms with Crippen molar-refractivity contribution in [3.8, 4) is 5.75 Å². The normalized spacial score (nSPS) is 10.1. The van der Waals surface area contributed by atoms with Crippen molar-refractivity contribution >= 4 is 5.91 Å². The summed E-state index contributed by atoms with van der Waals surface area (Å²) in [6.45, 7) is 0.491. The lowest BCUT2D eigenvalue weighted by Gasteiger charge is -2.06. The zero-order valence-corrected chi connectivity index (χ0v) is 11.1.